The lowest BCUT2D eigenvalue weighted by Crippen LogP contribution is -2.35. The number of amidine groups is 1. The van der Waals surface area contributed by atoms with E-state index in [-0.39, 0.29) is 18.3 Å². The van der Waals surface area contributed by atoms with E-state index in [9.17, 15) is 4.79 Å². The summed E-state index contributed by atoms with van der Waals surface area (Å²) in [5.41, 5.74) is 5.85. The molecule has 3 N–H and O–H groups in total. The van der Waals surface area contributed by atoms with Crippen LogP contribution in [0.2, 0.25) is 0 Å². The smallest absolute Gasteiger partial charge is 0.255 e. The Morgan fingerprint density at radius 2 is 2.18 bits per heavy atom. The van der Waals surface area contributed by atoms with Crippen LogP contribution >= 0.6 is 31.9 Å². The zero-order chi connectivity index (χ0) is 13.0. The topological polar surface area (TPSA) is 78.9 Å². The molecule has 0 radical (unpaired) electrons. The Morgan fingerprint density at radius 1 is 1.53 bits per heavy atom. The molecule has 0 aliphatic carbocycles. The molecule has 1 rings (SSSR count). The first-order valence-electron chi connectivity index (χ1n) is 4.62. The van der Waals surface area contributed by atoms with Crippen LogP contribution in [0.15, 0.2) is 32.3 Å². The molecule has 0 saturated heterocycles. The molecule has 0 spiro atoms. The third-order valence-electron chi connectivity index (χ3n) is 2.03. The Bertz CT molecular complexity index is 463. The average molecular weight is 365 g/mol. The predicted molar refractivity (Wildman–Crippen MR) is 72.2 cm³/mol. The van der Waals surface area contributed by atoms with E-state index in [1.165, 1.54) is 4.90 Å². The van der Waals surface area contributed by atoms with Crippen molar-refractivity contribution in [3.8, 4) is 0 Å². The van der Waals surface area contributed by atoms with Crippen molar-refractivity contribution in [1.82, 2.24) is 4.90 Å². The molecule has 0 unspecified atom stereocenters. The third-order valence-corrected chi connectivity index (χ3v) is 3.22. The molecule has 92 valence electrons. The van der Waals surface area contributed by atoms with E-state index in [1.54, 1.807) is 19.2 Å². The van der Waals surface area contributed by atoms with Gasteiger partial charge >= 0.3 is 0 Å². The van der Waals surface area contributed by atoms with Crippen LogP contribution in [-0.4, -0.2) is 35.4 Å². The highest BCUT2D eigenvalue weighted by Gasteiger charge is 2.16. The number of amides is 1. The fourth-order valence-corrected chi connectivity index (χ4v) is 1.99. The first kappa shape index (κ1) is 14.0. The summed E-state index contributed by atoms with van der Waals surface area (Å²) in [7, 11) is 1.58. The van der Waals surface area contributed by atoms with Crippen molar-refractivity contribution >= 4 is 43.6 Å². The van der Waals surface area contributed by atoms with Crippen LogP contribution in [0.3, 0.4) is 0 Å². The van der Waals surface area contributed by atoms with E-state index in [0.29, 0.717) is 10.0 Å². The number of carbonyl (C=O) groups excluding carboxylic acids is 1. The summed E-state index contributed by atoms with van der Waals surface area (Å²) in [5, 5.41) is 11.3. The number of oxime groups is 1. The van der Waals surface area contributed by atoms with Crippen LogP contribution in [0.5, 0.6) is 0 Å². The number of hydrogen-bond donors (Lipinski definition) is 2. The van der Waals surface area contributed by atoms with Crippen molar-refractivity contribution < 1.29 is 10.0 Å². The molecular formula is C10H11Br2N3O2. The van der Waals surface area contributed by atoms with E-state index in [4.69, 9.17) is 10.9 Å². The number of benzene rings is 1. The van der Waals surface area contributed by atoms with Crippen molar-refractivity contribution in [3.63, 3.8) is 0 Å². The summed E-state index contributed by atoms with van der Waals surface area (Å²) in [6.45, 7) is 0.0638. The first-order chi connectivity index (χ1) is 7.95. The second-order valence-corrected chi connectivity index (χ2v) is 5.15. The Kier molecular flexibility index (Phi) is 4.95. The highest BCUT2D eigenvalue weighted by atomic mass is 79.9. The lowest BCUT2D eigenvalue weighted by Gasteiger charge is -2.17. The predicted octanol–water partition coefficient (Wildman–Crippen LogP) is 2.03. The SMILES string of the molecule is CN(C/C(N)=N/O)C(=O)c1cc(Br)ccc1Br. The quantitative estimate of drug-likeness (QED) is 0.373. The number of halogens is 2. The van der Waals surface area contributed by atoms with Crippen LogP contribution in [0, 0.1) is 0 Å². The minimum absolute atomic E-state index is 0.0213. The van der Waals surface area contributed by atoms with Crippen LogP contribution < -0.4 is 5.73 Å². The molecule has 7 heteroatoms. The highest BCUT2D eigenvalue weighted by molar-refractivity contribution is 9.11. The van der Waals surface area contributed by atoms with E-state index >= 15 is 0 Å². The first-order valence-corrected chi connectivity index (χ1v) is 6.21. The maximum Gasteiger partial charge on any atom is 0.255 e. The van der Waals surface area contributed by atoms with Crippen molar-refractivity contribution in [1.29, 1.82) is 0 Å². The summed E-state index contributed by atoms with van der Waals surface area (Å²) >= 11 is 6.60. The maximum atomic E-state index is 12.1. The molecule has 0 atom stereocenters. The van der Waals surface area contributed by atoms with Gasteiger partial charge in [-0.2, -0.15) is 0 Å². The summed E-state index contributed by atoms with van der Waals surface area (Å²) in [6.07, 6.45) is 0. The number of likely N-dealkylation sites (N-methyl/N-ethyl adjacent to an activating group) is 1. The number of carbonyl (C=O) groups is 1. The minimum atomic E-state index is -0.218. The highest BCUT2D eigenvalue weighted by Crippen LogP contribution is 2.22. The largest absolute Gasteiger partial charge is 0.409 e. The van der Waals surface area contributed by atoms with Gasteiger partial charge in [-0.3, -0.25) is 4.79 Å². The standard InChI is InChI=1S/C10H11Br2N3O2/c1-15(5-9(13)14-17)10(16)7-4-6(11)2-3-8(7)12/h2-4,17H,5H2,1H3,(H2,13,14). The minimum Gasteiger partial charge on any atom is -0.409 e. The Morgan fingerprint density at radius 3 is 2.76 bits per heavy atom. The number of rotatable bonds is 3. The van der Waals surface area contributed by atoms with Gasteiger partial charge in [0, 0.05) is 16.0 Å². The van der Waals surface area contributed by atoms with E-state index in [0.717, 1.165) is 4.47 Å². The van der Waals surface area contributed by atoms with Gasteiger partial charge in [0.05, 0.1) is 12.1 Å². The van der Waals surface area contributed by atoms with Gasteiger partial charge in [0.1, 0.15) is 0 Å². The van der Waals surface area contributed by atoms with E-state index in [2.05, 4.69) is 37.0 Å². The van der Waals surface area contributed by atoms with Gasteiger partial charge in [-0.1, -0.05) is 21.1 Å². The van der Waals surface area contributed by atoms with Gasteiger partial charge in [-0.15, -0.1) is 0 Å². The zero-order valence-corrected chi connectivity index (χ0v) is 12.2. The molecule has 0 heterocycles. The summed E-state index contributed by atoms with van der Waals surface area (Å²) in [5.74, 6) is -0.239. The van der Waals surface area contributed by atoms with Gasteiger partial charge in [-0.25, -0.2) is 0 Å². The normalized spacial score (nSPS) is 11.4. The van der Waals surface area contributed by atoms with Crippen molar-refractivity contribution in [2.45, 2.75) is 0 Å². The number of nitrogens with two attached hydrogens (primary N) is 1. The van der Waals surface area contributed by atoms with E-state index in [1.807, 2.05) is 6.07 Å². The average Bonchev–Trinajstić information content (AvgIpc) is 2.31. The zero-order valence-electron chi connectivity index (χ0n) is 9.02. The van der Waals surface area contributed by atoms with E-state index < -0.39 is 0 Å². The Balaban J connectivity index is 2.92. The van der Waals surface area contributed by atoms with Gasteiger partial charge in [0.15, 0.2) is 5.84 Å². The monoisotopic (exact) mass is 363 g/mol. The molecule has 1 aromatic rings. The summed E-state index contributed by atoms with van der Waals surface area (Å²) in [4.78, 5) is 13.4. The maximum absolute atomic E-state index is 12.1. The molecule has 0 aliphatic heterocycles. The lowest BCUT2D eigenvalue weighted by atomic mass is 10.2. The van der Waals surface area contributed by atoms with Crippen LogP contribution in [0.1, 0.15) is 10.4 Å². The van der Waals surface area contributed by atoms with Crippen LogP contribution in [0.25, 0.3) is 0 Å². The van der Waals surface area contributed by atoms with Gasteiger partial charge in [0.25, 0.3) is 5.91 Å². The van der Waals surface area contributed by atoms with Crippen LogP contribution in [0.4, 0.5) is 0 Å². The molecular weight excluding hydrogens is 354 g/mol. The Labute approximate surface area is 116 Å². The van der Waals surface area contributed by atoms with Crippen LogP contribution in [-0.2, 0) is 0 Å². The van der Waals surface area contributed by atoms with Gasteiger partial charge in [-0.05, 0) is 34.1 Å². The summed E-state index contributed by atoms with van der Waals surface area (Å²) in [6, 6.07) is 5.30. The fraction of sp³-hybridized carbons (Fsp3) is 0.200. The summed E-state index contributed by atoms with van der Waals surface area (Å²) < 4.78 is 1.50. The molecule has 1 aromatic carbocycles. The Hall–Kier alpha value is -1.08. The molecule has 0 aliphatic rings. The second-order valence-electron chi connectivity index (χ2n) is 3.38. The molecule has 0 saturated carbocycles. The molecule has 5 nitrogen and oxygen atoms in total. The van der Waals surface area contributed by atoms with Crippen molar-refractivity contribution in [2.75, 3.05) is 13.6 Å². The lowest BCUT2D eigenvalue weighted by molar-refractivity contribution is 0.0812. The molecule has 1 amide bonds. The van der Waals surface area contributed by atoms with Crippen molar-refractivity contribution in [2.24, 2.45) is 10.9 Å². The number of hydrogen-bond acceptors (Lipinski definition) is 3. The second kappa shape index (κ2) is 6.02. The third kappa shape index (κ3) is 3.71. The molecule has 0 aromatic heterocycles. The van der Waals surface area contributed by atoms with Gasteiger partial charge in [0.2, 0.25) is 0 Å². The molecule has 0 bridgehead atoms. The van der Waals surface area contributed by atoms with Gasteiger partial charge < -0.3 is 15.8 Å². The molecule has 0 fully saturated rings. The number of nitrogens with zero attached hydrogens (tertiary/aromatic N) is 2. The molecule has 17 heavy (non-hydrogen) atoms. The fourth-order valence-electron chi connectivity index (χ4n) is 1.21. The van der Waals surface area contributed by atoms with Crippen molar-refractivity contribution in [3.05, 3.63) is 32.7 Å².